The van der Waals surface area contributed by atoms with Gasteiger partial charge in [-0.2, -0.15) is 0 Å². The quantitative estimate of drug-likeness (QED) is 0.800. The van der Waals surface area contributed by atoms with Gasteiger partial charge in [-0.1, -0.05) is 0 Å². The van der Waals surface area contributed by atoms with Gasteiger partial charge in [0.05, 0.1) is 7.11 Å². The van der Waals surface area contributed by atoms with Crippen molar-refractivity contribution < 1.29 is 24.2 Å². The Hall–Kier alpha value is -1.30. The van der Waals surface area contributed by atoms with E-state index >= 15 is 0 Å². The van der Waals surface area contributed by atoms with Crippen LogP contribution in [0, 0.1) is 0 Å². The van der Waals surface area contributed by atoms with E-state index in [4.69, 9.17) is 9.47 Å². The molecule has 0 bridgehead atoms. The number of esters is 1. The number of amides is 1. The molecule has 0 saturated carbocycles. The van der Waals surface area contributed by atoms with Crippen LogP contribution >= 0.6 is 0 Å². The molecule has 1 unspecified atom stereocenters. The van der Waals surface area contributed by atoms with E-state index in [9.17, 15) is 14.7 Å². The van der Waals surface area contributed by atoms with Crippen molar-refractivity contribution in [1.82, 2.24) is 4.90 Å². The second-order valence-corrected chi connectivity index (χ2v) is 6.09. The fourth-order valence-corrected chi connectivity index (χ4v) is 2.57. The number of likely N-dealkylation sites (tertiary alicyclic amines) is 1. The van der Waals surface area contributed by atoms with E-state index in [0.717, 1.165) is 12.8 Å². The SMILES string of the molecule is COC(=O)C1(CCO)CCCCN1C(=O)OC(C)(C)C. The molecule has 1 fully saturated rings. The minimum atomic E-state index is -1.11. The monoisotopic (exact) mass is 287 g/mol. The summed E-state index contributed by atoms with van der Waals surface area (Å²) >= 11 is 0. The van der Waals surface area contributed by atoms with Gasteiger partial charge in [0.25, 0.3) is 0 Å². The second kappa shape index (κ2) is 6.43. The zero-order chi connectivity index (χ0) is 15.4. The Balaban J connectivity index is 3.04. The smallest absolute Gasteiger partial charge is 0.411 e. The second-order valence-electron chi connectivity index (χ2n) is 6.09. The molecule has 0 aliphatic carbocycles. The number of aliphatic hydroxyl groups is 1. The van der Waals surface area contributed by atoms with Crippen LogP contribution in [0.2, 0.25) is 0 Å². The lowest BCUT2D eigenvalue weighted by Crippen LogP contribution is -2.61. The summed E-state index contributed by atoms with van der Waals surface area (Å²) in [5.74, 6) is -0.489. The van der Waals surface area contributed by atoms with Crippen LogP contribution in [0.15, 0.2) is 0 Å². The lowest BCUT2D eigenvalue weighted by Gasteiger charge is -2.44. The third-order valence-corrected chi connectivity index (χ3v) is 3.44. The van der Waals surface area contributed by atoms with Crippen LogP contribution in [-0.2, 0) is 14.3 Å². The Morgan fingerprint density at radius 1 is 1.30 bits per heavy atom. The van der Waals surface area contributed by atoms with Gasteiger partial charge >= 0.3 is 12.1 Å². The van der Waals surface area contributed by atoms with Crippen LogP contribution < -0.4 is 0 Å². The maximum Gasteiger partial charge on any atom is 0.411 e. The number of nitrogens with zero attached hydrogens (tertiary/aromatic N) is 1. The van der Waals surface area contributed by atoms with Crippen molar-refractivity contribution in [3.63, 3.8) is 0 Å². The van der Waals surface area contributed by atoms with Crippen LogP contribution in [0.4, 0.5) is 4.79 Å². The van der Waals surface area contributed by atoms with Gasteiger partial charge < -0.3 is 14.6 Å². The number of carbonyl (C=O) groups is 2. The first-order chi connectivity index (χ1) is 9.27. The first-order valence-electron chi connectivity index (χ1n) is 6.97. The Labute approximate surface area is 120 Å². The minimum absolute atomic E-state index is 0.166. The van der Waals surface area contributed by atoms with E-state index < -0.39 is 23.2 Å². The Morgan fingerprint density at radius 2 is 1.95 bits per heavy atom. The summed E-state index contributed by atoms with van der Waals surface area (Å²) in [6, 6.07) is 0. The fraction of sp³-hybridized carbons (Fsp3) is 0.857. The van der Waals surface area contributed by atoms with Crippen molar-refractivity contribution in [2.75, 3.05) is 20.3 Å². The standard InChI is InChI=1S/C14H25NO5/c1-13(2,3)20-12(18)15-9-6-5-7-14(15,8-10-16)11(17)19-4/h16H,5-10H2,1-4H3. The largest absolute Gasteiger partial charge is 0.467 e. The maximum atomic E-state index is 12.3. The molecule has 1 N–H and O–H groups in total. The Morgan fingerprint density at radius 3 is 2.45 bits per heavy atom. The highest BCUT2D eigenvalue weighted by molar-refractivity contribution is 5.86. The van der Waals surface area contributed by atoms with E-state index in [-0.39, 0.29) is 13.0 Å². The van der Waals surface area contributed by atoms with Crippen molar-refractivity contribution in [3.8, 4) is 0 Å². The topological polar surface area (TPSA) is 76.1 Å². The number of piperidine rings is 1. The molecule has 1 heterocycles. The van der Waals surface area contributed by atoms with Crippen molar-refractivity contribution >= 4 is 12.1 Å². The average molecular weight is 287 g/mol. The van der Waals surface area contributed by atoms with Crippen molar-refractivity contribution in [1.29, 1.82) is 0 Å². The van der Waals surface area contributed by atoms with Gasteiger partial charge in [0.15, 0.2) is 0 Å². The lowest BCUT2D eigenvalue weighted by molar-refractivity contribution is -0.158. The Bertz CT molecular complexity index is 359. The first kappa shape index (κ1) is 16.8. The molecular weight excluding hydrogens is 262 g/mol. The van der Waals surface area contributed by atoms with E-state index in [1.807, 2.05) is 0 Å². The molecule has 0 radical (unpaired) electrons. The molecule has 0 spiro atoms. The third-order valence-electron chi connectivity index (χ3n) is 3.44. The zero-order valence-electron chi connectivity index (χ0n) is 12.8. The molecule has 1 aliphatic heterocycles. The van der Waals surface area contributed by atoms with Gasteiger partial charge in [-0.05, 0) is 40.0 Å². The maximum absolute atomic E-state index is 12.3. The molecule has 6 heteroatoms. The van der Waals surface area contributed by atoms with Gasteiger partial charge in [-0.25, -0.2) is 9.59 Å². The molecule has 1 aliphatic rings. The van der Waals surface area contributed by atoms with Crippen molar-refractivity contribution in [2.24, 2.45) is 0 Å². The highest BCUT2D eigenvalue weighted by Gasteiger charge is 2.49. The van der Waals surface area contributed by atoms with Gasteiger partial charge in [-0.3, -0.25) is 4.90 Å². The van der Waals surface area contributed by atoms with Crippen molar-refractivity contribution in [3.05, 3.63) is 0 Å². The number of hydrogen-bond acceptors (Lipinski definition) is 5. The molecule has 1 rings (SSSR count). The number of aliphatic hydroxyl groups excluding tert-OH is 1. The van der Waals surface area contributed by atoms with E-state index in [1.54, 1.807) is 20.8 Å². The van der Waals surface area contributed by atoms with Gasteiger partial charge in [-0.15, -0.1) is 0 Å². The molecule has 1 saturated heterocycles. The van der Waals surface area contributed by atoms with Gasteiger partial charge in [0.2, 0.25) is 0 Å². The summed E-state index contributed by atoms with van der Waals surface area (Å²) < 4.78 is 10.2. The van der Waals surface area contributed by atoms with Gasteiger partial charge in [0, 0.05) is 19.6 Å². The van der Waals surface area contributed by atoms with Crippen LogP contribution in [-0.4, -0.2) is 53.5 Å². The number of carbonyl (C=O) groups excluding carboxylic acids is 2. The molecule has 1 atom stereocenters. The molecule has 0 aromatic rings. The summed E-state index contributed by atoms with van der Waals surface area (Å²) in [7, 11) is 1.29. The molecule has 6 nitrogen and oxygen atoms in total. The van der Waals surface area contributed by atoms with Crippen molar-refractivity contribution in [2.45, 2.75) is 57.6 Å². The van der Waals surface area contributed by atoms with Crippen LogP contribution in [0.3, 0.4) is 0 Å². The number of rotatable bonds is 3. The molecule has 0 aromatic heterocycles. The number of hydrogen-bond donors (Lipinski definition) is 1. The minimum Gasteiger partial charge on any atom is -0.467 e. The zero-order valence-corrected chi connectivity index (χ0v) is 12.8. The predicted molar refractivity (Wildman–Crippen MR) is 73.2 cm³/mol. The third kappa shape index (κ3) is 3.62. The Kier molecular flexibility index (Phi) is 5.39. The van der Waals surface area contributed by atoms with Gasteiger partial charge in [0.1, 0.15) is 11.1 Å². The molecule has 1 amide bonds. The summed E-state index contributed by atoms with van der Waals surface area (Å²) in [6.07, 6.45) is 1.74. The summed E-state index contributed by atoms with van der Waals surface area (Å²) in [5.41, 5.74) is -1.74. The number of ether oxygens (including phenoxy) is 2. The van der Waals surface area contributed by atoms with Crippen LogP contribution in [0.25, 0.3) is 0 Å². The molecule has 116 valence electrons. The first-order valence-corrected chi connectivity index (χ1v) is 6.97. The summed E-state index contributed by atoms with van der Waals surface area (Å²) in [5, 5.41) is 9.27. The predicted octanol–water partition coefficient (Wildman–Crippen LogP) is 1.70. The summed E-state index contributed by atoms with van der Waals surface area (Å²) in [4.78, 5) is 25.9. The normalized spacial score (nSPS) is 23.4. The highest BCUT2D eigenvalue weighted by Crippen LogP contribution is 2.33. The lowest BCUT2D eigenvalue weighted by atomic mass is 9.84. The van der Waals surface area contributed by atoms with Crippen LogP contribution in [0.5, 0.6) is 0 Å². The highest BCUT2D eigenvalue weighted by atomic mass is 16.6. The van der Waals surface area contributed by atoms with Crippen LogP contribution in [0.1, 0.15) is 46.5 Å². The van der Waals surface area contributed by atoms with E-state index in [1.165, 1.54) is 12.0 Å². The average Bonchev–Trinajstić information content (AvgIpc) is 2.36. The number of methoxy groups -OCH3 is 1. The molecule has 20 heavy (non-hydrogen) atoms. The fourth-order valence-electron chi connectivity index (χ4n) is 2.57. The van der Waals surface area contributed by atoms with E-state index in [2.05, 4.69) is 0 Å². The molecule has 0 aromatic carbocycles. The summed E-state index contributed by atoms with van der Waals surface area (Å²) in [6.45, 7) is 5.58. The molecular formula is C14H25NO5. The van der Waals surface area contributed by atoms with E-state index in [0.29, 0.717) is 13.0 Å².